The molecule has 3 nitrogen and oxygen atoms in total. The molecule has 1 aromatic carbocycles. The van der Waals surface area contributed by atoms with Gasteiger partial charge in [0.05, 0.1) is 11.3 Å². The van der Waals surface area contributed by atoms with Crippen molar-refractivity contribution < 1.29 is 18.0 Å². The van der Waals surface area contributed by atoms with Gasteiger partial charge in [-0.15, -0.1) is 0 Å². The Morgan fingerprint density at radius 1 is 1.16 bits per heavy atom. The number of benzene rings is 1. The van der Waals surface area contributed by atoms with Crippen molar-refractivity contribution in [1.82, 2.24) is 4.90 Å². The number of anilines is 1. The van der Waals surface area contributed by atoms with Crippen molar-refractivity contribution in [3.05, 3.63) is 28.8 Å². The van der Waals surface area contributed by atoms with Crippen LogP contribution in [-0.4, -0.2) is 37.5 Å². The van der Waals surface area contributed by atoms with Crippen molar-refractivity contribution in [3.63, 3.8) is 0 Å². The molecule has 1 fully saturated rings. The highest BCUT2D eigenvalue weighted by molar-refractivity contribution is 6.30. The fraction of sp³-hybridized carbons (Fsp3) is 0.417. The summed E-state index contributed by atoms with van der Waals surface area (Å²) in [5.41, 5.74) is -0.623. The van der Waals surface area contributed by atoms with Crippen LogP contribution in [0.3, 0.4) is 0 Å². The van der Waals surface area contributed by atoms with Crippen molar-refractivity contribution in [3.8, 4) is 0 Å². The minimum absolute atomic E-state index is 0.0746. The van der Waals surface area contributed by atoms with Crippen LogP contribution in [0.5, 0.6) is 0 Å². The quantitative estimate of drug-likeness (QED) is 0.783. The Kier molecular flexibility index (Phi) is 3.89. The first-order valence-corrected chi connectivity index (χ1v) is 6.10. The Labute approximate surface area is 113 Å². The number of nitrogens with zero attached hydrogens (tertiary/aromatic N) is 2. The number of carbonyl (C=O) groups excluding carboxylic acids is 1. The van der Waals surface area contributed by atoms with Gasteiger partial charge in [-0.2, -0.15) is 13.2 Å². The van der Waals surface area contributed by atoms with Gasteiger partial charge >= 0.3 is 6.18 Å². The molecule has 0 radical (unpaired) electrons. The van der Waals surface area contributed by atoms with Gasteiger partial charge in [-0.3, -0.25) is 4.79 Å². The normalized spacial score (nSPS) is 16.6. The van der Waals surface area contributed by atoms with E-state index in [1.807, 2.05) is 0 Å². The van der Waals surface area contributed by atoms with Crippen LogP contribution in [0.1, 0.15) is 5.56 Å². The van der Waals surface area contributed by atoms with Gasteiger partial charge in [-0.05, 0) is 18.2 Å². The highest BCUT2D eigenvalue weighted by atomic mass is 35.5. The minimum atomic E-state index is -4.41. The molecule has 1 aliphatic rings. The summed E-state index contributed by atoms with van der Waals surface area (Å²) in [6.07, 6.45) is -3.71. The van der Waals surface area contributed by atoms with Crippen molar-refractivity contribution in [2.24, 2.45) is 0 Å². The average molecular weight is 293 g/mol. The Balaban J connectivity index is 2.29. The molecule has 0 N–H and O–H groups in total. The molecule has 0 atom stereocenters. The van der Waals surface area contributed by atoms with Crippen LogP contribution in [0.15, 0.2) is 18.2 Å². The lowest BCUT2D eigenvalue weighted by Crippen LogP contribution is -2.46. The van der Waals surface area contributed by atoms with Crippen LogP contribution in [0.4, 0.5) is 18.9 Å². The molecule has 104 valence electrons. The van der Waals surface area contributed by atoms with Crippen molar-refractivity contribution in [1.29, 1.82) is 0 Å². The molecule has 2 rings (SSSR count). The molecule has 0 saturated carbocycles. The van der Waals surface area contributed by atoms with E-state index < -0.39 is 11.7 Å². The van der Waals surface area contributed by atoms with Crippen molar-refractivity contribution in [2.45, 2.75) is 6.18 Å². The molecular formula is C12H12ClF3N2O. The molecule has 0 unspecified atom stereocenters. The zero-order valence-corrected chi connectivity index (χ0v) is 10.7. The topological polar surface area (TPSA) is 23.6 Å². The second-order valence-corrected chi connectivity index (χ2v) is 4.72. The lowest BCUT2D eigenvalue weighted by molar-refractivity contribution is -0.137. The van der Waals surface area contributed by atoms with Crippen LogP contribution in [-0.2, 0) is 11.0 Å². The molecule has 0 bridgehead atoms. The van der Waals surface area contributed by atoms with E-state index >= 15 is 0 Å². The first-order valence-electron chi connectivity index (χ1n) is 5.73. The van der Waals surface area contributed by atoms with Gasteiger partial charge in [0.25, 0.3) is 0 Å². The third kappa shape index (κ3) is 3.12. The first kappa shape index (κ1) is 14.0. The third-order valence-corrected chi connectivity index (χ3v) is 3.30. The van der Waals surface area contributed by atoms with Crippen LogP contribution in [0, 0.1) is 0 Å². The van der Waals surface area contributed by atoms with E-state index in [1.54, 1.807) is 4.90 Å². The molecule has 7 heteroatoms. The average Bonchev–Trinajstić information content (AvgIpc) is 2.37. The number of rotatable bonds is 2. The number of piperazine rings is 1. The molecule has 1 aromatic rings. The summed E-state index contributed by atoms with van der Waals surface area (Å²) in [7, 11) is 0. The predicted molar refractivity (Wildman–Crippen MR) is 66.3 cm³/mol. The fourth-order valence-corrected chi connectivity index (χ4v) is 2.24. The second kappa shape index (κ2) is 5.28. The zero-order chi connectivity index (χ0) is 14.0. The number of alkyl halides is 3. The van der Waals surface area contributed by atoms with Crippen LogP contribution >= 0.6 is 11.6 Å². The Morgan fingerprint density at radius 3 is 2.32 bits per heavy atom. The van der Waals surface area contributed by atoms with E-state index in [1.165, 1.54) is 17.0 Å². The number of hydrogen-bond donors (Lipinski definition) is 0. The molecule has 0 aromatic heterocycles. The number of amides is 1. The molecular weight excluding hydrogens is 281 g/mol. The van der Waals surface area contributed by atoms with E-state index in [4.69, 9.17) is 11.6 Å². The van der Waals surface area contributed by atoms with E-state index in [0.29, 0.717) is 32.6 Å². The Hall–Kier alpha value is -1.43. The van der Waals surface area contributed by atoms with Crippen LogP contribution < -0.4 is 4.90 Å². The van der Waals surface area contributed by atoms with E-state index in [2.05, 4.69) is 0 Å². The van der Waals surface area contributed by atoms with Gasteiger partial charge < -0.3 is 9.80 Å². The molecule has 1 heterocycles. The Morgan fingerprint density at radius 2 is 1.79 bits per heavy atom. The third-order valence-electron chi connectivity index (χ3n) is 3.07. The maximum Gasteiger partial charge on any atom is 0.418 e. The van der Waals surface area contributed by atoms with Gasteiger partial charge in [-0.1, -0.05) is 11.6 Å². The summed E-state index contributed by atoms with van der Waals surface area (Å²) in [4.78, 5) is 13.7. The fourth-order valence-electron chi connectivity index (χ4n) is 2.07. The molecule has 1 amide bonds. The minimum Gasteiger partial charge on any atom is -0.367 e. The van der Waals surface area contributed by atoms with E-state index in [-0.39, 0.29) is 10.7 Å². The van der Waals surface area contributed by atoms with Gasteiger partial charge in [0.15, 0.2) is 0 Å². The standard InChI is InChI=1S/C12H12ClF3N2O/c13-9-1-2-10(12(14,15)16)11(7-9)18-5-3-17(8-19)4-6-18/h1-2,7-8H,3-6H2. The van der Waals surface area contributed by atoms with Gasteiger partial charge in [0.1, 0.15) is 0 Å². The van der Waals surface area contributed by atoms with Crippen molar-refractivity contribution >= 4 is 23.7 Å². The molecule has 0 spiro atoms. The van der Waals surface area contributed by atoms with Crippen LogP contribution in [0.25, 0.3) is 0 Å². The largest absolute Gasteiger partial charge is 0.418 e. The van der Waals surface area contributed by atoms with Crippen LogP contribution in [0.2, 0.25) is 5.02 Å². The summed E-state index contributed by atoms with van der Waals surface area (Å²) in [6.45, 7) is 1.55. The summed E-state index contributed by atoms with van der Waals surface area (Å²) in [5.74, 6) is 0. The maximum atomic E-state index is 12.9. The molecule has 1 saturated heterocycles. The van der Waals surface area contributed by atoms with E-state index in [9.17, 15) is 18.0 Å². The number of hydrogen-bond acceptors (Lipinski definition) is 2. The highest BCUT2D eigenvalue weighted by Gasteiger charge is 2.35. The smallest absolute Gasteiger partial charge is 0.367 e. The molecule has 0 aliphatic carbocycles. The Bertz CT molecular complexity index is 471. The summed E-state index contributed by atoms with van der Waals surface area (Å²) >= 11 is 5.78. The molecule has 19 heavy (non-hydrogen) atoms. The summed E-state index contributed by atoms with van der Waals surface area (Å²) in [6, 6.07) is 3.54. The number of halogens is 4. The second-order valence-electron chi connectivity index (χ2n) is 4.29. The van der Waals surface area contributed by atoms with Gasteiger partial charge in [0.2, 0.25) is 6.41 Å². The van der Waals surface area contributed by atoms with Crippen molar-refractivity contribution in [2.75, 3.05) is 31.1 Å². The number of carbonyl (C=O) groups is 1. The zero-order valence-electron chi connectivity index (χ0n) is 9.95. The molecule has 1 aliphatic heterocycles. The first-order chi connectivity index (χ1) is 8.91. The maximum absolute atomic E-state index is 12.9. The van der Waals surface area contributed by atoms with Gasteiger partial charge in [0, 0.05) is 31.2 Å². The summed E-state index contributed by atoms with van der Waals surface area (Å²) in [5, 5.41) is 0.265. The van der Waals surface area contributed by atoms with Gasteiger partial charge in [-0.25, -0.2) is 0 Å². The SMILES string of the molecule is O=CN1CCN(c2cc(Cl)ccc2C(F)(F)F)CC1. The lowest BCUT2D eigenvalue weighted by atomic mass is 10.1. The summed E-state index contributed by atoms with van der Waals surface area (Å²) < 4.78 is 38.8. The monoisotopic (exact) mass is 292 g/mol. The predicted octanol–water partition coefficient (Wildman–Crippen LogP) is 2.64. The highest BCUT2D eigenvalue weighted by Crippen LogP contribution is 2.38. The lowest BCUT2D eigenvalue weighted by Gasteiger charge is -2.35. The van der Waals surface area contributed by atoms with E-state index in [0.717, 1.165) is 6.07 Å².